The zero-order valence-corrected chi connectivity index (χ0v) is 16.8. The summed E-state index contributed by atoms with van der Waals surface area (Å²) in [4.78, 5) is 23.6. The second-order valence-corrected chi connectivity index (χ2v) is 6.68. The molecule has 3 rings (SSSR count). The Morgan fingerprint density at radius 3 is 2.39 bits per heavy atom. The van der Waals surface area contributed by atoms with Gasteiger partial charge in [-0.1, -0.05) is 42.5 Å². The summed E-state index contributed by atoms with van der Waals surface area (Å²) in [5.41, 5.74) is 4.71. The number of carbonyl (C=O) groups is 2. The number of hydrazone groups is 1. The van der Waals surface area contributed by atoms with Gasteiger partial charge in [-0.2, -0.15) is 5.10 Å². The molecule has 3 aromatic carbocycles. The fraction of sp³-hybridized carbons (Fsp3) is 0.125. The molecule has 2 N–H and O–H groups in total. The largest absolute Gasteiger partial charge is 0.489 e. The van der Waals surface area contributed by atoms with Crippen LogP contribution in [-0.4, -0.2) is 24.6 Å². The molecule has 6 nitrogen and oxygen atoms in total. The number of carbonyl (C=O) groups excluding carboxylic acids is 2. The van der Waals surface area contributed by atoms with Crippen LogP contribution in [0.5, 0.6) is 5.75 Å². The first-order valence-corrected chi connectivity index (χ1v) is 9.72. The number of hydrogen-bond acceptors (Lipinski definition) is 4. The van der Waals surface area contributed by atoms with Crippen LogP contribution in [0.4, 0.5) is 4.39 Å². The van der Waals surface area contributed by atoms with Crippen LogP contribution in [0.2, 0.25) is 0 Å². The lowest BCUT2D eigenvalue weighted by atomic mass is 10.1. The summed E-state index contributed by atoms with van der Waals surface area (Å²) in [6.07, 6.45) is 2.06. The summed E-state index contributed by atoms with van der Waals surface area (Å²) in [6.45, 7) is 0.609. The van der Waals surface area contributed by atoms with Crippen molar-refractivity contribution in [3.63, 3.8) is 0 Å². The third-order valence-corrected chi connectivity index (χ3v) is 4.30. The van der Waals surface area contributed by atoms with Crippen LogP contribution in [0.1, 0.15) is 16.7 Å². The Kier molecular flexibility index (Phi) is 7.88. The Morgan fingerprint density at radius 1 is 0.903 bits per heavy atom. The summed E-state index contributed by atoms with van der Waals surface area (Å²) in [5, 5.41) is 6.35. The van der Waals surface area contributed by atoms with Gasteiger partial charge in [-0.25, -0.2) is 9.82 Å². The van der Waals surface area contributed by atoms with Crippen molar-refractivity contribution in [2.45, 2.75) is 13.0 Å². The van der Waals surface area contributed by atoms with E-state index in [1.54, 1.807) is 36.4 Å². The highest BCUT2D eigenvalue weighted by Crippen LogP contribution is 2.14. The van der Waals surface area contributed by atoms with Crippen molar-refractivity contribution in [3.05, 3.63) is 101 Å². The van der Waals surface area contributed by atoms with E-state index in [-0.39, 0.29) is 12.4 Å². The number of ether oxygens (including phenoxy) is 1. The monoisotopic (exact) mass is 419 g/mol. The molecule has 0 aliphatic carbocycles. The van der Waals surface area contributed by atoms with Crippen molar-refractivity contribution in [1.82, 2.24) is 10.7 Å². The van der Waals surface area contributed by atoms with E-state index >= 15 is 0 Å². The molecule has 0 aromatic heterocycles. The van der Waals surface area contributed by atoms with Crippen LogP contribution in [0, 0.1) is 5.82 Å². The standard InChI is InChI=1S/C24H22FN3O3/c25-21-8-4-7-20(15-21)17-31-22-11-9-19(10-12-22)16-27-28-24(30)23(29)26-14-13-18-5-2-1-3-6-18/h1-12,15-16H,13-14,17H2,(H,26,29)(H,28,30)/b27-16-. The molecule has 31 heavy (non-hydrogen) atoms. The maximum atomic E-state index is 13.2. The van der Waals surface area contributed by atoms with Crippen LogP contribution in [0.3, 0.4) is 0 Å². The highest BCUT2D eigenvalue weighted by molar-refractivity contribution is 6.35. The molecule has 0 saturated carbocycles. The number of halogens is 1. The molecule has 0 heterocycles. The molecule has 7 heteroatoms. The minimum Gasteiger partial charge on any atom is -0.489 e. The fourth-order valence-electron chi connectivity index (χ4n) is 2.71. The molecule has 0 fully saturated rings. The summed E-state index contributed by atoms with van der Waals surface area (Å²) >= 11 is 0. The van der Waals surface area contributed by atoms with Crippen LogP contribution in [0.15, 0.2) is 84.0 Å². The van der Waals surface area contributed by atoms with Gasteiger partial charge in [0.15, 0.2) is 0 Å². The van der Waals surface area contributed by atoms with Crippen molar-refractivity contribution < 1.29 is 18.7 Å². The number of amides is 2. The zero-order valence-electron chi connectivity index (χ0n) is 16.8. The molecule has 0 atom stereocenters. The first kappa shape index (κ1) is 21.7. The normalized spacial score (nSPS) is 10.6. The van der Waals surface area contributed by atoms with Crippen LogP contribution >= 0.6 is 0 Å². The number of nitrogens with zero attached hydrogens (tertiary/aromatic N) is 1. The molecule has 0 aliphatic heterocycles. The Hall–Kier alpha value is -4.00. The third-order valence-electron chi connectivity index (χ3n) is 4.30. The van der Waals surface area contributed by atoms with Crippen LogP contribution in [-0.2, 0) is 22.6 Å². The first-order chi connectivity index (χ1) is 15.1. The molecule has 158 valence electrons. The van der Waals surface area contributed by atoms with Crippen LogP contribution < -0.4 is 15.5 Å². The highest BCUT2D eigenvalue weighted by atomic mass is 19.1. The predicted octanol–water partition coefficient (Wildman–Crippen LogP) is 3.21. The summed E-state index contributed by atoms with van der Waals surface area (Å²) in [7, 11) is 0. The second-order valence-electron chi connectivity index (χ2n) is 6.68. The SMILES string of the molecule is O=C(NCCc1ccccc1)C(=O)N/N=C\c1ccc(OCc2cccc(F)c2)cc1. The van der Waals surface area contributed by atoms with Gasteiger partial charge in [-0.3, -0.25) is 9.59 Å². The Morgan fingerprint density at radius 2 is 1.65 bits per heavy atom. The van der Waals surface area contributed by atoms with Crippen molar-refractivity contribution >= 4 is 18.0 Å². The number of rotatable bonds is 8. The van der Waals surface area contributed by atoms with E-state index in [0.717, 1.165) is 11.1 Å². The molecule has 0 saturated heterocycles. The van der Waals surface area contributed by atoms with Crippen molar-refractivity contribution in [1.29, 1.82) is 0 Å². The first-order valence-electron chi connectivity index (χ1n) is 9.72. The minimum atomic E-state index is -0.834. The van der Waals surface area contributed by atoms with E-state index < -0.39 is 11.8 Å². The second kappa shape index (κ2) is 11.3. The third kappa shape index (κ3) is 7.40. The summed E-state index contributed by atoms with van der Waals surface area (Å²) in [5.74, 6) is -1.27. The van der Waals surface area contributed by atoms with Crippen molar-refractivity contribution in [3.8, 4) is 5.75 Å². The van der Waals surface area contributed by atoms with Gasteiger partial charge < -0.3 is 10.1 Å². The lowest BCUT2D eigenvalue weighted by Gasteiger charge is -2.06. The van der Waals surface area contributed by atoms with Gasteiger partial charge in [0.05, 0.1) is 6.21 Å². The molecular formula is C24H22FN3O3. The fourth-order valence-corrected chi connectivity index (χ4v) is 2.71. The Labute approximate surface area is 179 Å². The number of benzene rings is 3. The Balaban J connectivity index is 1.39. The van der Waals surface area contributed by atoms with E-state index in [9.17, 15) is 14.0 Å². The predicted molar refractivity (Wildman–Crippen MR) is 116 cm³/mol. The average Bonchev–Trinajstić information content (AvgIpc) is 2.79. The molecule has 3 aromatic rings. The molecule has 2 amide bonds. The number of nitrogens with one attached hydrogen (secondary N) is 2. The van der Waals surface area contributed by atoms with Gasteiger partial charge in [-0.15, -0.1) is 0 Å². The lowest BCUT2D eigenvalue weighted by molar-refractivity contribution is -0.139. The van der Waals surface area contributed by atoms with Gasteiger partial charge in [-0.05, 0) is 59.5 Å². The van der Waals surface area contributed by atoms with Gasteiger partial charge in [0.25, 0.3) is 0 Å². The van der Waals surface area contributed by atoms with Gasteiger partial charge in [0, 0.05) is 6.54 Å². The van der Waals surface area contributed by atoms with Gasteiger partial charge in [0.1, 0.15) is 18.2 Å². The highest BCUT2D eigenvalue weighted by Gasteiger charge is 2.11. The average molecular weight is 419 g/mol. The van der Waals surface area contributed by atoms with Gasteiger partial charge in [0.2, 0.25) is 0 Å². The molecule has 0 spiro atoms. The smallest absolute Gasteiger partial charge is 0.329 e. The molecular weight excluding hydrogens is 397 g/mol. The van der Waals surface area contributed by atoms with E-state index in [0.29, 0.717) is 24.3 Å². The zero-order chi connectivity index (χ0) is 21.9. The topological polar surface area (TPSA) is 79.8 Å². The quantitative estimate of drug-likeness (QED) is 0.334. The summed E-state index contributed by atoms with van der Waals surface area (Å²) in [6, 6.07) is 22.8. The number of hydrogen-bond donors (Lipinski definition) is 2. The van der Waals surface area contributed by atoms with E-state index in [4.69, 9.17) is 4.74 Å². The molecule has 0 radical (unpaired) electrons. The maximum absolute atomic E-state index is 13.2. The van der Waals surface area contributed by atoms with E-state index in [2.05, 4.69) is 15.8 Å². The molecule has 0 bridgehead atoms. The van der Waals surface area contributed by atoms with Crippen LogP contribution in [0.25, 0.3) is 0 Å². The van der Waals surface area contributed by atoms with E-state index in [1.165, 1.54) is 18.3 Å². The maximum Gasteiger partial charge on any atom is 0.329 e. The van der Waals surface area contributed by atoms with Crippen molar-refractivity contribution in [2.75, 3.05) is 6.54 Å². The lowest BCUT2D eigenvalue weighted by Crippen LogP contribution is -2.38. The summed E-state index contributed by atoms with van der Waals surface area (Å²) < 4.78 is 18.8. The Bertz CT molecular complexity index is 1040. The van der Waals surface area contributed by atoms with Gasteiger partial charge >= 0.3 is 11.8 Å². The van der Waals surface area contributed by atoms with E-state index in [1.807, 2.05) is 30.3 Å². The minimum absolute atomic E-state index is 0.251. The van der Waals surface area contributed by atoms with Crippen molar-refractivity contribution in [2.24, 2.45) is 5.10 Å². The molecule has 0 unspecified atom stereocenters. The molecule has 0 aliphatic rings.